The van der Waals surface area contributed by atoms with Crippen molar-refractivity contribution in [1.29, 1.82) is 0 Å². The normalized spacial score (nSPS) is 16.2. The molecule has 13 heteroatoms. The standard InChI is InChI=1S/C24H31FN8O3S.C6H4/c1-15(34)28-23(37)29-16-4-5-20(19(25)10-16)36-22-11-21(26-14-27-22)30-24(35)32(3)17-6-8-33(9-7-17)18-12-31(2)13-18;1-2-5-4-6(5)3-1/h4-5,10-11,14,17-18H,6-9,12-13H2,1-3H3,(H,26,27,30,35)(H2,28,29,34,37);1-4H. The van der Waals surface area contributed by atoms with Crippen molar-refractivity contribution in [1.82, 2.24) is 30.0 Å². The van der Waals surface area contributed by atoms with Gasteiger partial charge in [0.2, 0.25) is 11.8 Å². The number of likely N-dealkylation sites (tertiary alicyclic amines) is 2. The van der Waals surface area contributed by atoms with E-state index in [1.807, 2.05) is 0 Å². The summed E-state index contributed by atoms with van der Waals surface area (Å²) in [5.74, 6) is -0.762. The number of amides is 3. The molecule has 1 aromatic carbocycles. The number of nitrogens with one attached hydrogen (secondary N) is 3. The molecule has 6 rings (SSSR count). The second-order valence-corrected chi connectivity index (χ2v) is 11.3. The van der Waals surface area contributed by atoms with Crippen molar-refractivity contribution >= 4 is 40.8 Å². The zero-order valence-corrected chi connectivity index (χ0v) is 25.2. The summed E-state index contributed by atoms with van der Waals surface area (Å²) >= 11 is 4.97. The second kappa shape index (κ2) is 13.4. The Morgan fingerprint density at radius 2 is 1.77 bits per heavy atom. The number of ether oxygens (including phenoxy) is 1. The summed E-state index contributed by atoms with van der Waals surface area (Å²) in [6.45, 7) is 5.49. The summed E-state index contributed by atoms with van der Waals surface area (Å²) in [5.41, 5.74) is 3.19. The smallest absolute Gasteiger partial charge is 0.323 e. The van der Waals surface area contributed by atoms with Crippen LogP contribution in [0.4, 0.5) is 20.7 Å². The molecule has 2 aliphatic carbocycles. The Kier molecular flexibility index (Phi) is 9.43. The maximum Gasteiger partial charge on any atom is 0.323 e. The minimum atomic E-state index is -0.667. The molecular weight excluding hydrogens is 571 g/mol. The molecule has 3 amide bonds. The van der Waals surface area contributed by atoms with Gasteiger partial charge in [-0.1, -0.05) is 18.2 Å². The molecule has 2 saturated heterocycles. The minimum absolute atomic E-state index is 0.0541. The average Bonchev–Trinajstić information content (AvgIpc) is 3.56. The fourth-order valence-electron chi connectivity index (χ4n) is 5.13. The first-order chi connectivity index (χ1) is 20.6. The largest absolute Gasteiger partial charge is 0.436 e. The first kappa shape index (κ1) is 30.3. The number of piperidine rings is 1. The van der Waals surface area contributed by atoms with Crippen LogP contribution in [0.25, 0.3) is 11.1 Å². The van der Waals surface area contributed by atoms with Crippen LogP contribution in [0.2, 0.25) is 0 Å². The molecule has 2 aromatic rings. The quantitative estimate of drug-likeness (QED) is 0.279. The van der Waals surface area contributed by atoms with E-state index in [9.17, 15) is 14.0 Å². The Balaban J connectivity index is 0.000000537. The number of aromatic nitrogens is 2. The number of urea groups is 1. The topological polar surface area (TPSA) is 115 Å². The fraction of sp³-hybridized carbons (Fsp3) is 0.367. The molecule has 3 heterocycles. The van der Waals surface area contributed by atoms with Crippen molar-refractivity contribution in [3.8, 4) is 22.8 Å². The zero-order chi connectivity index (χ0) is 30.5. The van der Waals surface area contributed by atoms with Gasteiger partial charge in [-0.05, 0) is 61.4 Å². The SMILES string of the molecule is CC(=O)NC(=S)Nc1ccc(Oc2cc(NC(=O)N(C)C3CCN(C4CN(C)C4)CC3)ncn2)c(F)c1.c1cc2cc-2c1. The molecule has 0 spiro atoms. The lowest BCUT2D eigenvalue weighted by molar-refractivity contribution is -0.117. The lowest BCUT2D eigenvalue weighted by Crippen LogP contribution is -2.60. The number of thiocarbonyl (C=S) groups is 1. The molecule has 226 valence electrons. The van der Waals surface area contributed by atoms with Gasteiger partial charge >= 0.3 is 6.03 Å². The number of carbonyl (C=O) groups excluding carboxylic acids is 2. The van der Waals surface area contributed by atoms with E-state index in [0.29, 0.717) is 11.7 Å². The van der Waals surface area contributed by atoms with Gasteiger partial charge in [0.05, 0.1) is 0 Å². The third-order valence-corrected chi connectivity index (χ3v) is 7.82. The summed E-state index contributed by atoms with van der Waals surface area (Å²) in [5, 5.41) is 7.93. The molecule has 0 unspecified atom stereocenters. The van der Waals surface area contributed by atoms with Gasteiger partial charge in [-0.3, -0.25) is 15.0 Å². The van der Waals surface area contributed by atoms with Gasteiger partial charge in [0.1, 0.15) is 12.1 Å². The number of fused-ring (bicyclic) bond motifs is 1. The zero-order valence-electron chi connectivity index (χ0n) is 24.3. The van der Waals surface area contributed by atoms with E-state index in [1.165, 1.54) is 42.6 Å². The highest BCUT2D eigenvalue weighted by atomic mass is 32.1. The van der Waals surface area contributed by atoms with Crippen LogP contribution in [-0.4, -0.2) is 94.1 Å². The Morgan fingerprint density at radius 1 is 1.05 bits per heavy atom. The molecule has 43 heavy (non-hydrogen) atoms. The first-order valence-electron chi connectivity index (χ1n) is 14.1. The lowest BCUT2D eigenvalue weighted by atomic mass is 9.99. The van der Waals surface area contributed by atoms with E-state index in [-0.39, 0.29) is 40.5 Å². The van der Waals surface area contributed by atoms with Crippen molar-refractivity contribution in [2.75, 3.05) is 50.9 Å². The molecule has 1 aromatic heterocycles. The summed E-state index contributed by atoms with van der Waals surface area (Å²) in [6, 6.07) is 14.5. The first-order valence-corrected chi connectivity index (χ1v) is 14.5. The number of likely N-dealkylation sites (N-methyl/N-ethyl adjacent to an activating group) is 1. The molecule has 0 saturated carbocycles. The maximum absolute atomic E-state index is 14.6. The van der Waals surface area contributed by atoms with Crippen LogP contribution in [0, 0.1) is 5.82 Å². The molecule has 0 bridgehead atoms. The van der Waals surface area contributed by atoms with Crippen molar-refractivity contribution in [2.45, 2.75) is 31.8 Å². The average molecular weight is 607 g/mol. The number of rotatable bonds is 6. The molecule has 2 fully saturated rings. The van der Waals surface area contributed by atoms with Crippen LogP contribution >= 0.6 is 12.2 Å². The lowest BCUT2D eigenvalue weighted by Gasteiger charge is -2.47. The number of anilines is 2. The van der Waals surface area contributed by atoms with Crippen LogP contribution in [0.5, 0.6) is 11.6 Å². The fourth-order valence-corrected chi connectivity index (χ4v) is 5.40. The number of carbonyl (C=O) groups is 2. The number of hydrogen-bond donors (Lipinski definition) is 3. The van der Waals surface area contributed by atoms with Crippen LogP contribution in [0.15, 0.2) is 54.9 Å². The van der Waals surface area contributed by atoms with Gasteiger partial charge in [0.15, 0.2) is 16.7 Å². The molecule has 0 radical (unpaired) electrons. The molecule has 3 N–H and O–H groups in total. The van der Waals surface area contributed by atoms with Crippen LogP contribution in [0.1, 0.15) is 19.8 Å². The summed E-state index contributed by atoms with van der Waals surface area (Å²) in [7, 11) is 3.91. The van der Waals surface area contributed by atoms with Crippen molar-refractivity contribution in [3.63, 3.8) is 0 Å². The third kappa shape index (κ3) is 8.21. The van der Waals surface area contributed by atoms with Crippen molar-refractivity contribution in [2.24, 2.45) is 0 Å². The van der Waals surface area contributed by atoms with Crippen LogP contribution in [-0.2, 0) is 4.79 Å². The van der Waals surface area contributed by atoms with Gasteiger partial charge < -0.3 is 25.2 Å². The summed E-state index contributed by atoms with van der Waals surface area (Å²) in [4.78, 5) is 38.5. The van der Waals surface area contributed by atoms with Gasteiger partial charge in [0.25, 0.3) is 0 Å². The van der Waals surface area contributed by atoms with Gasteiger partial charge in [-0.25, -0.2) is 19.2 Å². The number of halogens is 1. The highest BCUT2D eigenvalue weighted by Gasteiger charge is 2.33. The van der Waals surface area contributed by atoms with Crippen molar-refractivity contribution < 1.29 is 18.7 Å². The molecular formula is C30H35FN8O3S. The van der Waals surface area contributed by atoms with E-state index >= 15 is 0 Å². The molecule has 2 aliphatic heterocycles. The summed E-state index contributed by atoms with van der Waals surface area (Å²) in [6.07, 6.45) is 3.07. The third-order valence-electron chi connectivity index (χ3n) is 7.61. The Hall–Kier alpha value is -4.20. The predicted octanol–water partition coefficient (Wildman–Crippen LogP) is 4.15. The van der Waals surface area contributed by atoms with E-state index in [2.05, 4.69) is 67.0 Å². The Labute approximate surface area is 255 Å². The highest BCUT2D eigenvalue weighted by molar-refractivity contribution is 7.80. The van der Waals surface area contributed by atoms with Gasteiger partial charge in [0, 0.05) is 70.1 Å². The minimum Gasteiger partial charge on any atom is -0.436 e. The number of benzene rings is 2. The number of hydrogen-bond acceptors (Lipinski definition) is 8. The van der Waals surface area contributed by atoms with Gasteiger partial charge in [-0.2, -0.15) is 0 Å². The molecule has 11 nitrogen and oxygen atoms in total. The van der Waals surface area contributed by atoms with E-state index in [4.69, 9.17) is 17.0 Å². The Morgan fingerprint density at radius 3 is 2.35 bits per heavy atom. The van der Waals surface area contributed by atoms with E-state index < -0.39 is 5.82 Å². The van der Waals surface area contributed by atoms with Crippen LogP contribution in [0.3, 0.4) is 0 Å². The monoisotopic (exact) mass is 606 g/mol. The van der Waals surface area contributed by atoms with E-state index in [0.717, 1.165) is 39.0 Å². The predicted molar refractivity (Wildman–Crippen MR) is 167 cm³/mol. The second-order valence-electron chi connectivity index (χ2n) is 10.9. The van der Waals surface area contributed by atoms with E-state index in [1.54, 1.807) is 18.0 Å². The Bertz CT molecular complexity index is 1480. The maximum atomic E-state index is 14.6. The highest BCUT2D eigenvalue weighted by Crippen LogP contribution is 2.32. The molecule has 4 aliphatic rings. The number of nitrogens with zero attached hydrogens (tertiary/aromatic N) is 5. The van der Waals surface area contributed by atoms with Gasteiger partial charge in [-0.15, -0.1) is 0 Å². The van der Waals surface area contributed by atoms with Crippen LogP contribution < -0.4 is 20.7 Å². The molecule has 0 atom stereocenters. The summed E-state index contributed by atoms with van der Waals surface area (Å²) < 4.78 is 20.1. The van der Waals surface area contributed by atoms with Crippen molar-refractivity contribution in [3.05, 3.63) is 60.7 Å².